The standard InChI is InChI=1S/C21H27O4P/c1-7-21(5,6)17-13-9-11-15-19(17)25-26(22,23)24-18-14-10-8-12-16(18)20(2,3)4/h7-15H,1H2,2-6H3,(H,22,23). The Morgan fingerprint density at radius 1 is 0.885 bits per heavy atom. The van der Waals surface area contributed by atoms with Gasteiger partial charge in [-0.25, -0.2) is 4.57 Å². The third-order valence-corrected chi connectivity index (χ3v) is 5.07. The minimum Gasteiger partial charge on any atom is -0.395 e. The predicted molar refractivity (Wildman–Crippen MR) is 106 cm³/mol. The molecule has 0 spiro atoms. The lowest BCUT2D eigenvalue weighted by Gasteiger charge is -2.26. The van der Waals surface area contributed by atoms with Crippen LogP contribution in [0.3, 0.4) is 0 Å². The maximum atomic E-state index is 12.7. The molecule has 0 aliphatic heterocycles. The van der Waals surface area contributed by atoms with Crippen LogP contribution in [-0.4, -0.2) is 4.89 Å². The molecule has 1 atom stereocenters. The first-order valence-corrected chi connectivity index (χ1v) is 10.0. The average molecular weight is 374 g/mol. The van der Waals surface area contributed by atoms with Gasteiger partial charge in [-0.05, 0) is 17.5 Å². The molecule has 0 bridgehead atoms. The van der Waals surface area contributed by atoms with Gasteiger partial charge in [0.2, 0.25) is 0 Å². The molecule has 5 heteroatoms. The first-order chi connectivity index (χ1) is 12.0. The summed E-state index contributed by atoms with van der Waals surface area (Å²) < 4.78 is 23.5. The van der Waals surface area contributed by atoms with Gasteiger partial charge in [0.05, 0.1) is 0 Å². The number of rotatable bonds is 6. The zero-order valence-electron chi connectivity index (χ0n) is 16.0. The fraction of sp³-hybridized carbons (Fsp3) is 0.333. The summed E-state index contributed by atoms with van der Waals surface area (Å²) in [6.45, 7) is 13.8. The predicted octanol–water partition coefficient (Wildman–Crippen LogP) is 6.01. The van der Waals surface area contributed by atoms with Crippen molar-refractivity contribution in [2.45, 2.75) is 45.4 Å². The Morgan fingerprint density at radius 3 is 1.77 bits per heavy atom. The molecule has 0 aliphatic rings. The summed E-state index contributed by atoms with van der Waals surface area (Å²) in [5.41, 5.74) is 0.939. The molecule has 0 saturated heterocycles. The molecule has 1 unspecified atom stereocenters. The second kappa shape index (κ2) is 7.30. The van der Waals surface area contributed by atoms with Gasteiger partial charge < -0.3 is 9.05 Å². The number of para-hydroxylation sites is 2. The number of hydrogen-bond acceptors (Lipinski definition) is 3. The highest BCUT2D eigenvalue weighted by Gasteiger charge is 2.31. The fourth-order valence-electron chi connectivity index (χ4n) is 2.62. The van der Waals surface area contributed by atoms with Crippen LogP contribution in [0.5, 0.6) is 11.5 Å². The second-order valence-corrected chi connectivity index (χ2v) is 9.12. The van der Waals surface area contributed by atoms with Crippen molar-refractivity contribution in [1.82, 2.24) is 0 Å². The van der Waals surface area contributed by atoms with E-state index in [0.717, 1.165) is 11.1 Å². The number of hydrogen-bond donors (Lipinski definition) is 1. The van der Waals surface area contributed by atoms with Crippen molar-refractivity contribution in [1.29, 1.82) is 0 Å². The van der Waals surface area contributed by atoms with E-state index in [9.17, 15) is 9.46 Å². The van der Waals surface area contributed by atoms with E-state index >= 15 is 0 Å². The number of benzene rings is 2. The van der Waals surface area contributed by atoms with Crippen molar-refractivity contribution >= 4 is 7.82 Å². The van der Waals surface area contributed by atoms with Crippen LogP contribution >= 0.6 is 7.82 Å². The molecule has 0 aliphatic carbocycles. The number of allylic oxidation sites excluding steroid dienone is 1. The SMILES string of the molecule is C=CC(C)(C)c1ccccc1OP(=O)(O)Oc1ccccc1C(C)(C)C. The maximum absolute atomic E-state index is 12.7. The summed E-state index contributed by atoms with van der Waals surface area (Å²) in [6, 6.07) is 14.3. The van der Waals surface area contributed by atoms with E-state index in [0.29, 0.717) is 11.5 Å². The van der Waals surface area contributed by atoms with Gasteiger partial charge in [0.25, 0.3) is 0 Å². The first kappa shape index (κ1) is 20.3. The van der Waals surface area contributed by atoms with Crippen LogP contribution in [0.25, 0.3) is 0 Å². The average Bonchev–Trinajstić information content (AvgIpc) is 2.54. The maximum Gasteiger partial charge on any atom is 0.584 e. The van der Waals surface area contributed by atoms with Crippen molar-refractivity contribution in [2.24, 2.45) is 0 Å². The molecule has 140 valence electrons. The molecule has 2 rings (SSSR count). The van der Waals surface area contributed by atoms with Crippen LogP contribution in [0.2, 0.25) is 0 Å². The smallest absolute Gasteiger partial charge is 0.395 e. The van der Waals surface area contributed by atoms with Crippen molar-refractivity contribution in [3.63, 3.8) is 0 Å². The molecule has 2 aromatic carbocycles. The van der Waals surface area contributed by atoms with Gasteiger partial charge in [-0.3, -0.25) is 4.89 Å². The second-order valence-electron chi connectivity index (χ2n) is 7.82. The number of phosphoric acid groups is 1. The monoisotopic (exact) mass is 374 g/mol. The van der Waals surface area contributed by atoms with E-state index < -0.39 is 13.2 Å². The Kier molecular flexibility index (Phi) is 5.70. The molecular formula is C21H27O4P. The van der Waals surface area contributed by atoms with Crippen LogP contribution in [-0.2, 0) is 15.4 Å². The van der Waals surface area contributed by atoms with Crippen LogP contribution in [0.15, 0.2) is 61.2 Å². The first-order valence-electron chi connectivity index (χ1n) is 8.51. The van der Waals surface area contributed by atoms with Gasteiger partial charge in [0.15, 0.2) is 0 Å². The van der Waals surface area contributed by atoms with Crippen LogP contribution < -0.4 is 9.05 Å². The molecule has 26 heavy (non-hydrogen) atoms. The fourth-order valence-corrected chi connectivity index (χ4v) is 3.47. The Bertz CT molecular complexity index is 834. The summed E-state index contributed by atoms with van der Waals surface area (Å²) >= 11 is 0. The topological polar surface area (TPSA) is 55.8 Å². The Balaban J connectivity index is 2.35. The largest absolute Gasteiger partial charge is 0.584 e. The minimum absolute atomic E-state index is 0.237. The Hall–Kier alpha value is -2.03. The van der Waals surface area contributed by atoms with E-state index in [-0.39, 0.29) is 5.41 Å². The molecule has 0 amide bonds. The van der Waals surface area contributed by atoms with E-state index in [1.54, 1.807) is 30.3 Å². The molecule has 0 fully saturated rings. The van der Waals surface area contributed by atoms with Gasteiger partial charge in [0, 0.05) is 16.5 Å². The van der Waals surface area contributed by atoms with Crippen molar-refractivity contribution < 1.29 is 18.5 Å². The van der Waals surface area contributed by atoms with Gasteiger partial charge in [-0.2, -0.15) is 0 Å². The van der Waals surface area contributed by atoms with Crippen LogP contribution in [0.4, 0.5) is 0 Å². The molecule has 1 N–H and O–H groups in total. The van der Waals surface area contributed by atoms with Crippen molar-refractivity contribution in [2.75, 3.05) is 0 Å². The lowest BCUT2D eigenvalue weighted by Crippen LogP contribution is -2.16. The summed E-state index contributed by atoms with van der Waals surface area (Å²) in [7, 11) is -4.37. The molecule has 0 aromatic heterocycles. The van der Waals surface area contributed by atoms with E-state index in [1.165, 1.54) is 0 Å². The molecule has 0 saturated carbocycles. The van der Waals surface area contributed by atoms with Crippen molar-refractivity contribution in [3.05, 3.63) is 72.3 Å². The summed E-state index contributed by atoms with van der Waals surface area (Å²) in [5.74, 6) is 0.641. The Morgan fingerprint density at radius 2 is 1.31 bits per heavy atom. The van der Waals surface area contributed by atoms with Crippen molar-refractivity contribution in [3.8, 4) is 11.5 Å². The molecule has 0 radical (unpaired) electrons. The molecule has 2 aromatic rings. The van der Waals surface area contributed by atoms with E-state index in [4.69, 9.17) is 9.05 Å². The Labute approximate surface area is 156 Å². The molecule has 0 heterocycles. The summed E-state index contributed by atoms with van der Waals surface area (Å²) in [5, 5.41) is 0. The summed E-state index contributed by atoms with van der Waals surface area (Å²) in [4.78, 5) is 10.4. The van der Waals surface area contributed by atoms with Gasteiger partial charge in [-0.15, -0.1) is 6.58 Å². The van der Waals surface area contributed by atoms with Crippen LogP contribution in [0, 0.1) is 0 Å². The van der Waals surface area contributed by atoms with E-state index in [1.807, 2.05) is 58.9 Å². The van der Waals surface area contributed by atoms with Gasteiger partial charge >= 0.3 is 7.82 Å². The molecule has 4 nitrogen and oxygen atoms in total. The zero-order valence-corrected chi connectivity index (χ0v) is 16.9. The molecular weight excluding hydrogens is 347 g/mol. The zero-order chi connectivity index (χ0) is 19.6. The quantitative estimate of drug-likeness (QED) is 0.497. The third-order valence-electron chi connectivity index (χ3n) is 4.21. The summed E-state index contributed by atoms with van der Waals surface area (Å²) in [6.07, 6.45) is 1.77. The highest BCUT2D eigenvalue weighted by Crippen LogP contribution is 2.48. The lowest BCUT2D eigenvalue weighted by molar-refractivity contribution is 0.286. The third kappa shape index (κ3) is 4.78. The van der Waals surface area contributed by atoms with E-state index in [2.05, 4.69) is 6.58 Å². The van der Waals surface area contributed by atoms with Gasteiger partial charge in [-0.1, -0.05) is 77.1 Å². The lowest BCUT2D eigenvalue weighted by atomic mass is 9.84. The minimum atomic E-state index is -4.37. The van der Waals surface area contributed by atoms with Gasteiger partial charge in [0.1, 0.15) is 11.5 Å². The normalized spacial score (nSPS) is 14.4. The highest BCUT2D eigenvalue weighted by molar-refractivity contribution is 7.48. The highest BCUT2D eigenvalue weighted by atomic mass is 31.2. The number of phosphoric ester groups is 1. The van der Waals surface area contributed by atoms with Crippen LogP contribution in [0.1, 0.15) is 45.7 Å².